The van der Waals surface area contributed by atoms with E-state index in [1.807, 2.05) is 23.0 Å². The van der Waals surface area contributed by atoms with Gasteiger partial charge in [0.15, 0.2) is 0 Å². The van der Waals surface area contributed by atoms with E-state index in [1.165, 1.54) is 5.69 Å². The number of fused-ring (bicyclic) bond motifs is 1. The lowest BCUT2D eigenvalue weighted by atomic mass is 9.98. The number of pyridine rings is 1. The predicted molar refractivity (Wildman–Crippen MR) is 96.2 cm³/mol. The lowest BCUT2D eigenvalue weighted by Crippen LogP contribution is -2.36. The zero-order valence-corrected chi connectivity index (χ0v) is 15.4. The number of aromatic nitrogens is 4. The van der Waals surface area contributed by atoms with Crippen LogP contribution in [0.1, 0.15) is 29.9 Å². The second-order valence-corrected chi connectivity index (χ2v) is 6.80. The molecule has 1 atom stereocenters. The first kappa shape index (κ1) is 18.0. The van der Waals surface area contributed by atoms with E-state index >= 15 is 0 Å². The highest BCUT2D eigenvalue weighted by Gasteiger charge is 2.30. The van der Waals surface area contributed by atoms with Crippen LogP contribution in [0.2, 0.25) is 0 Å². The molecule has 0 saturated heterocycles. The average molecular weight is 344 g/mol. The summed E-state index contributed by atoms with van der Waals surface area (Å²) in [5.74, 6) is 0.296. The van der Waals surface area contributed by atoms with E-state index in [-0.39, 0.29) is 0 Å². The maximum atomic E-state index is 5.96. The SMILES string of the molecule is CCn1nnc2c1[C@H](COCCN(C)C)CN(Cc1ccccn1)C2. The van der Waals surface area contributed by atoms with Crippen LogP contribution in [0.25, 0.3) is 0 Å². The number of likely N-dealkylation sites (N-methyl/N-ethyl adjacent to an activating group) is 1. The summed E-state index contributed by atoms with van der Waals surface area (Å²) in [5, 5.41) is 8.74. The van der Waals surface area contributed by atoms with Gasteiger partial charge in [0.2, 0.25) is 0 Å². The minimum atomic E-state index is 0.296. The number of hydrogen-bond acceptors (Lipinski definition) is 6. The molecular weight excluding hydrogens is 316 g/mol. The van der Waals surface area contributed by atoms with E-state index in [4.69, 9.17) is 4.74 Å². The normalized spacial score (nSPS) is 17.8. The molecule has 0 N–H and O–H groups in total. The Hall–Kier alpha value is -1.83. The molecule has 136 valence electrons. The van der Waals surface area contributed by atoms with Gasteiger partial charge >= 0.3 is 0 Å². The van der Waals surface area contributed by atoms with Crippen molar-refractivity contribution in [3.63, 3.8) is 0 Å². The largest absolute Gasteiger partial charge is 0.379 e. The van der Waals surface area contributed by atoms with Crippen molar-refractivity contribution in [1.29, 1.82) is 0 Å². The van der Waals surface area contributed by atoms with Gasteiger partial charge in [-0.2, -0.15) is 0 Å². The third-order valence-electron chi connectivity index (χ3n) is 4.50. The maximum absolute atomic E-state index is 5.96. The molecule has 2 aromatic heterocycles. The molecule has 0 spiro atoms. The Morgan fingerprint density at radius 2 is 2.20 bits per heavy atom. The van der Waals surface area contributed by atoms with Crippen molar-refractivity contribution in [2.24, 2.45) is 0 Å². The first-order valence-corrected chi connectivity index (χ1v) is 8.94. The standard InChI is InChI=1S/C18H28N6O/c1-4-24-18-15(14-25-10-9-22(2)3)11-23(13-17(18)20-21-24)12-16-7-5-6-8-19-16/h5-8,15H,4,9-14H2,1-3H3/t15-/m0/s1. The van der Waals surface area contributed by atoms with Crippen molar-refractivity contribution in [3.05, 3.63) is 41.5 Å². The second kappa shape index (κ2) is 8.51. The van der Waals surface area contributed by atoms with Crippen LogP contribution in [0.3, 0.4) is 0 Å². The molecule has 0 unspecified atom stereocenters. The summed E-state index contributed by atoms with van der Waals surface area (Å²) in [4.78, 5) is 8.98. The van der Waals surface area contributed by atoms with E-state index < -0.39 is 0 Å². The molecule has 0 bridgehead atoms. The molecule has 25 heavy (non-hydrogen) atoms. The van der Waals surface area contributed by atoms with Gasteiger partial charge in [-0.05, 0) is 33.2 Å². The van der Waals surface area contributed by atoms with Gasteiger partial charge in [-0.1, -0.05) is 11.3 Å². The quantitative estimate of drug-likeness (QED) is 0.674. The average Bonchev–Trinajstić information content (AvgIpc) is 3.02. The van der Waals surface area contributed by atoms with Gasteiger partial charge in [0.1, 0.15) is 5.69 Å². The first-order chi connectivity index (χ1) is 12.2. The van der Waals surface area contributed by atoms with E-state index in [1.54, 1.807) is 0 Å². The van der Waals surface area contributed by atoms with Gasteiger partial charge in [-0.15, -0.1) is 5.10 Å². The molecule has 1 aliphatic rings. The van der Waals surface area contributed by atoms with Crippen molar-refractivity contribution in [2.45, 2.75) is 32.5 Å². The minimum Gasteiger partial charge on any atom is -0.379 e. The number of nitrogens with zero attached hydrogens (tertiary/aromatic N) is 6. The van der Waals surface area contributed by atoms with Gasteiger partial charge in [0.05, 0.1) is 24.6 Å². The van der Waals surface area contributed by atoms with Crippen LogP contribution >= 0.6 is 0 Å². The first-order valence-electron chi connectivity index (χ1n) is 8.94. The number of ether oxygens (including phenoxy) is 1. The van der Waals surface area contributed by atoms with Crippen LogP contribution in [0.15, 0.2) is 24.4 Å². The number of hydrogen-bond donors (Lipinski definition) is 0. The fourth-order valence-electron chi connectivity index (χ4n) is 3.27. The van der Waals surface area contributed by atoms with Crippen molar-refractivity contribution in [1.82, 2.24) is 29.8 Å². The smallest absolute Gasteiger partial charge is 0.100 e. The van der Waals surface area contributed by atoms with Crippen molar-refractivity contribution in [2.75, 3.05) is 40.4 Å². The summed E-state index contributed by atoms with van der Waals surface area (Å²) in [5.41, 5.74) is 3.40. The third-order valence-corrected chi connectivity index (χ3v) is 4.50. The highest BCUT2D eigenvalue weighted by molar-refractivity contribution is 5.20. The van der Waals surface area contributed by atoms with E-state index in [9.17, 15) is 0 Å². The van der Waals surface area contributed by atoms with Gasteiger partial charge in [0.25, 0.3) is 0 Å². The highest BCUT2D eigenvalue weighted by Crippen LogP contribution is 2.28. The van der Waals surface area contributed by atoms with Crippen LogP contribution < -0.4 is 0 Å². The lowest BCUT2D eigenvalue weighted by Gasteiger charge is -2.32. The maximum Gasteiger partial charge on any atom is 0.100 e. The Balaban J connectivity index is 1.69. The molecule has 2 aromatic rings. The van der Waals surface area contributed by atoms with Crippen LogP contribution in [0.4, 0.5) is 0 Å². The summed E-state index contributed by atoms with van der Waals surface area (Å²) in [6.45, 7) is 7.92. The monoisotopic (exact) mass is 344 g/mol. The Morgan fingerprint density at radius 1 is 1.32 bits per heavy atom. The second-order valence-electron chi connectivity index (χ2n) is 6.80. The third kappa shape index (κ3) is 4.62. The van der Waals surface area contributed by atoms with Gasteiger partial charge in [0, 0.05) is 44.8 Å². The Kier molecular flexibility index (Phi) is 6.12. The minimum absolute atomic E-state index is 0.296. The van der Waals surface area contributed by atoms with Gasteiger partial charge < -0.3 is 9.64 Å². The van der Waals surface area contributed by atoms with E-state index in [2.05, 4.69) is 52.2 Å². The van der Waals surface area contributed by atoms with Gasteiger partial charge in [-0.25, -0.2) is 4.68 Å². The highest BCUT2D eigenvalue weighted by atomic mass is 16.5. The summed E-state index contributed by atoms with van der Waals surface area (Å²) >= 11 is 0. The van der Waals surface area contributed by atoms with Crippen LogP contribution in [0, 0.1) is 0 Å². The molecular formula is C18H28N6O. The van der Waals surface area contributed by atoms with Crippen molar-refractivity contribution >= 4 is 0 Å². The van der Waals surface area contributed by atoms with Crippen LogP contribution in [-0.2, 0) is 24.4 Å². The summed E-state index contributed by atoms with van der Waals surface area (Å²) < 4.78 is 7.98. The van der Waals surface area contributed by atoms with Gasteiger partial charge in [-0.3, -0.25) is 9.88 Å². The molecule has 0 amide bonds. The Labute approximate surface area is 149 Å². The summed E-state index contributed by atoms with van der Waals surface area (Å²) in [6, 6.07) is 6.06. The molecule has 0 fully saturated rings. The molecule has 7 nitrogen and oxygen atoms in total. The van der Waals surface area contributed by atoms with Crippen molar-refractivity contribution in [3.8, 4) is 0 Å². The van der Waals surface area contributed by atoms with Crippen LogP contribution in [-0.4, -0.2) is 70.2 Å². The predicted octanol–water partition coefficient (Wildman–Crippen LogP) is 1.37. The molecule has 3 heterocycles. The zero-order valence-electron chi connectivity index (χ0n) is 15.4. The molecule has 7 heteroatoms. The molecule has 0 aliphatic carbocycles. The molecule has 0 radical (unpaired) electrons. The fraction of sp³-hybridized carbons (Fsp3) is 0.611. The lowest BCUT2D eigenvalue weighted by molar-refractivity contribution is 0.0829. The Morgan fingerprint density at radius 3 is 2.92 bits per heavy atom. The van der Waals surface area contributed by atoms with E-state index in [0.29, 0.717) is 12.5 Å². The topological polar surface area (TPSA) is 59.3 Å². The summed E-state index contributed by atoms with van der Waals surface area (Å²) in [6.07, 6.45) is 1.85. The molecule has 1 aliphatic heterocycles. The number of aryl methyl sites for hydroxylation is 1. The molecule has 0 saturated carbocycles. The number of rotatable bonds is 8. The summed E-state index contributed by atoms with van der Waals surface area (Å²) in [7, 11) is 4.12. The molecule has 0 aromatic carbocycles. The van der Waals surface area contributed by atoms with E-state index in [0.717, 1.165) is 50.7 Å². The zero-order chi connectivity index (χ0) is 17.6. The Bertz CT molecular complexity index is 657. The fourth-order valence-corrected chi connectivity index (χ4v) is 3.27. The molecule has 3 rings (SSSR count). The van der Waals surface area contributed by atoms with Crippen LogP contribution in [0.5, 0.6) is 0 Å². The van der Waals surface area contributed by atoms with Crippen molar-refractivity contribution < 1.29 is 4.74 Å².